The largest absolute Gasteiger partial charge is 0.382 e. The minimum absolute atomic E-state index is 0. The number of benzene rings is 2. The highest BCUT2D eigenvalue weighted by Gasteiger charge is 2.03. The summed E-state index contributed by atoms with van der Waals surface area (Å²) in [5, 5.41) is 0. The van der Waals surface area contributed by atoms with E-state index in [1.807, 2.05) is 13.8 Å². The maximum atomic E-state index is 4.83. The predicted molar refractivity (Wildman–Crippen MR) is 140 cm³/mol. The summed E-state index contributed by atoms with van der Waals surface area (Å²) >= 11 is 0. The summed E-state index contributed by atoms with van der Waals surface area (Å²) in [6.45, 7) is 7.95. The van der Waals surface area contributed by atoms with Crippen molar-refractivity contribution in [3.8, 4) is 11.1 Å². The van der Waals surface area contributed by atoms with Crippen LogP contribution in [0, 0.1) is 0 Å². The lowest BCUT2D eigenvalue weighted by atomic mass is 9.95. The van der Waals surface area contributed by atoms with Gasteiger partial charge >= 0.3 is 0 Å². The van der Waals surface area contributed by atoms with E-state index in [9.17, 15) is 0 Å². The van der Waals surface area contributed by atoms with Gasteiger partial charge < -0.3 is 17.0 Å². The molecule has 2 rings (SSSR count). The SMILES string of the molecule is CCCCCCCCCCCCc1ccccc1-c1ccccc1.CCOCC.N.N. The lowest BCUT2D eigenvalue weighted by Gasteiger charge is -2.09. The van der Waals surface area contributed by atoms with Crippen LogP contribution in [0.4, 0.5) is 0 Å². The number of aryl methyl sites for hydroxylation is 1. The molecule has 0 saturated carbocycles. The second kappa shape index (κ2) is 23.0. The van der Waals surface area contributed by atoms with Crippen LogP contribution in [0.25, 0.3) is 11.1 Å². The van der Waals surface area contributed by atoms with E-state index >= 15 is 0 Å². The van der Waals surface area contributed by atoms with Crippen LogP contribution in [0.15, 0.2) is 54.6 Å². The fourth-order valence-electron chi connectivity index (χ4n) is 3.64. The van der Waals surface area contributed by atoms with Crippen molar-refractivity contribution in [1.82, 2.24) is 12.3 Å². The molecule has 2 aromatic rings. The molecule has 0 aliphatic rings. The smallest absolute Gasteiger partial charge is 0.0437 e. The minimum atomic E-state index is 0. The summed E-state index contributed by atoms with van der Waals surface area (Å²) < 4.78 is 4.83. The Balaban J connectivity index is 0. The Kier molecular flexibility index (Phi) is 23.4. The van der Waals surface area contributed by atoms with Gasteiger partial charge in [0.05, 0.1) is 0 Å². The summed E-state index contributed by atoms with van der Waals surface area (Å²) in [4.78, 5) is 0. The molecule has 0 heterocycles. The Bertz CT molecular complexity index is 599. The lowest BCUT2D eigenvalue weighted by Crippen LogP contribution is -1.91. The number of ether oxygens (including phenoxy) is 1. The first kappa shape index (κ1) is 31.5. The molecule has 3 nitrogen and oxygen atoms in total. The van der Waals surface area contributed by atoms with E-state index in [-0.39, 0.29) is 12.3 Å². The average molecular weight is 431 g/mol. The van der Waals surface area contributed by atoms with Gasteiger partial charge in [0.15, 0.2) is 0 Å². The van der Waals surface area contributed by atoms with Crippen molar-refractivity contribution in [3.05, 3.63) is 60.2 Å². The van der Waals surface area contributed by atoms with Gasteiger partial charge in [-0.3, -0.25) is 0 Å². The second-order valence-corrected chi connectivity index (χ2v) is 7.74. The molecule has 0 spiro atoms. The Labute approximate surface area is 193 Å². The zero-order valence-electron chi connectivity index (χ0n) is 20.7. The van der Waals surface area contributed by atoms with Crippen molar-refractivity contribution in [2.45, 2.75) is 91.4 Å². The fourth-order valence-corrected chi connectivity index (χ4v) is 3.64. The highest BCUT2D eigenvalue weighted by molar-refractivity contribution is 5.67. The molecule has 0 aliphatic carbocycles. The van der Waals surface area contributed by atoms with Crippen LogP contribution >= 0.6 is 0 Å². The Morgan fingerprint density at radius 1 is 0.548 bits per heavy atom. The third-order valence-electron chi connectivity index (χ3n) is 5.31. The maximum absolute atomic E-state index is 4.83. The molecule has 0 aromatic heterocycles. The molecule has 0 bridgehead atoms. The molecule has 0 amide bonds. The van der Waals surface area contributed by atoms with Gasteiger partial charge in [-0.05, 0) is 43.4 Å². The molecular weight excluding hydrogens is 380 g/mol. The van der Waals surface area contributed by atoms with Gasteiger partial charge in [0.2, 0.25) is 0 Å². The normalized spacial score (nSPS) is 9.77. The summed E-state index contributed by atoms with van der Waals surface area (Å²) in [5.41, 5.74) is 4.26. The van der Waals surface area contributed by atoms with Crippen LogP contribution in [0.5, 0.6) is 0 Å². The number of unbranched alkanes of at least 4 members (excludes halogenated alkanes) is 9. The van der Waals surface area contributed by atoms with Crippen LogP contribution in [-0.4, -0.2) is 13.2 Å². The van der Waals surface area contributed by atoms with Gasteiger partial charge in [-0.25, -0.2) is 0 Å². The van der Waals surface area contributed by atoms with Crippen molar-refractivity contribution >= 4 is 0 Å². The van der Waals surface area contributed by atoms with Crippen molar-refractivity contribution < 1.29 is 4.74 Å². The average Bonchev–Trinajstić information content (AvgIpc) is 2.77. The molecule has 0 fully saturated rings. The Morgan fingerprint density at radius 3 is 1.55 bits per heavy atom. The Hall–Kier alpha value is -1.68. The summed E-state index contributed by atoms with van der Waals surface area (Å²) in [6, 6.07) is 19.7. The zero-order valence-corrected chi connectivity index (χ0v) is 20.7. The highest BCUT2D eigenvalue weighted by Crippen LogP contribution is 2.25. The van der Waals surface area contributed by atoms with E-state index in [1.54, 1.807) is 0 Å². The molecule has 0 atom stereocenters. The third-order valence-corrected chi connectivity index (χ3v) is 5.31. The molecule has 178 valence electrons. The maximum Gasteiger partial charge on any atom is 0.0437 e. The van der Waals surface area contributed by atoms with Crippen molar-refractivity contribution in [2.75, 3.05) is 13.2 Å². The molecule has 31 heavy (non-hydrogen) atoms. The number of hydrogen-bond acceptors (Lipinski definition) is 3. The predicted octanol–water partition coefficient (Wildman–Crippen LogP) is 9.18. The summed E-state index contributed by atoms with van der Waals surface area (Å²) in [5.74, 6) is 0. The van der Waals surface area contributed by atoms with E-state index in [4.69, 9.17) is 4.74 Å². The van der Waals surface area contributed by atoms with Crippen LogP contribution < -0.4 is 12.3 Å². The molecular formula is C28H50N2O. The van der Waals surface area contributed by atoms with Gasteiger partial charge in [0, 0.05) is 13.2 Å². The quantitative estimate of drug-likeness (QED) is 0.293. The number of rotatable bonds is 14. The second-order valence-electron chi connectivity index (χ2n) is 7.74. The monoisotopic (exact) mass is 430 g/mol. The standard InChI is InChI=1S/C24H34.C4H10O.2H3N/c1-2-3-4-5-6-7-8-9-10-12-17-23-20-15-16-21-24(23)22-18-13-11-14-19-22;1-3-5-4-2;;/h11,13-16,18-21H,2-10,12,17H2,1H3;3-4H2,1-2H3;2*1H3. The molecule has 2 aromatic carbocycles. The molecule has 6 N–H and O–H groups in total. The molecule has 0 aliphatic heterocycles. The highest BCUT2D eigenvalue weighted by atomic mass is 16.5. The van der Waals surface area contributed by atoms with E-state index in [2.05, 4.69) is 61.5 Å². The van der Waals surface area contributed by atoms with Crippen LogP contribution in [-0.2, 0) is 11.2 Å². The van der Waals surface area contributed by atoms with Gasteiger partial charge in [-0.2, -0.15) is 0 Å². The molecule has 0 unspecified atom stereocenters. The van der Waals surface area contributed by atoms with Crippen LogP contribution in [0.3, 0.4) is 0 Å². The van der Waals surface area contributed by atoms with E-state index in [0.717, 1.165) is 13.2 Å². The first-order valence-corrected chi connectivity index (χ1v) is 12.0. The lowest BCUT2D eigenvalue weighted by molar-refractivity contribution is 0.162. The summed E-state index contributed by atoms with van der Waals surface area (Å²) in [7, 11) is 0. The third kappa shape index (κ3) is 15.7. The fraction of sp³-hybridized carbons (Fsp3) is 0.571. The van der Waals surface area contributed by atoms with Crippen molar-refractivity contribution in [3.63, 3.8) is 0 Å². The van der Waals surface area contributed by atoms with Gasteiger partial charge in [0.25, 0.3) is 0 Å². The topological polar surface area (TPSA) is 79.2 Å². The van der Waals surface area contributed by atoms with E-state index in [1.165, 1.54) is 87.3 Å². The minimum Gasteiger partial charge on any atom is -0.382 e. The van der Waals surface area contributed by atoms with Crippen molar-refractivity contribution in [2.24, 2.45) is 0 Å². The van der Waals surface area contributed by atoms with Gasteiger partial charge in [-0.1, -0.05) is 119 Å². The Morgan fingerprint density at radius 2 is 1.03 bits per heavy atom. The zero-order chi connectivity index (χ0) is 21.0. The van der Waals surface area contributed by atoms with Crippen LogP contribution in [0.2, 0.25) is 0 Å². The van der Waals surface area contributed by atoms with Gasteiger partial charge in [0.1, 0.15) is 0 Å². The number of hydrogen-bond donors (Lipinski definition) is 2. The van der Waals surface area contributed by atoms with E-state index in [0.29, 0.717) is 0 Å². The summed E-state index contributed by atoms with van der Waals surface area (Å²) in [6.07, 6.45) is 15.3. The van der Waals surface area contributed by atoms with Crippen molar-refractivity contribution in [1.29, 1.82) is 0 Å². The first-order valence-electron chi connectivity index (χ1n) is 12.0. The van der Waals surface area contributed by atoms with Gasteiger partial charge in [-0.15, -0.1) is 0 Å². The van der Waals surface area contributed by atoms with E-state index < -0.39 is 0 Å². The molecule has 0 saturated heterocycles. The van der Waals surface area contributed by atoms with Crippen LogP contribution in [0.1, 0.15) is 90.5 Å². The molecule has 0 radical (unpaired) electrons. The first-order chi connectivity index (χ1) is 14.3. The molecule has 3 heteroatoms.